The Balaban J connectivity index is 3.92. The molecule has 0 fully saturated rings. The van der Waals surface area contributed by atoms with E-state index in [1.165, 1.54) is 0 Å². The average Bonchev–Trinajstić information content (AvgIpc) is 2.22. The van der Waals surface area contributed by atoms with Crippen LogP contribution in [0.25, 0.3) is 0 Å². The zero-order chi connectivity index (χ0) is 12.6. The van der Waals surface area contributed by atoms with Crippen LogP contribution >= 0.6 is 0 Å². The normalized spacial score (nSPS) is 13.9. The number of ether oxygens (including phenoxy) is 1. The van der Waals surface area contributed by atoms with Gasteiger partial charge in [0.15, 0.2) is 0 Å². The van der Waals surface area contributed by atoms with E-state index in [9.17, 15) is 9.59 Å². The molecule has 16 heavy (non-hydrogen) atoms. The van der Waals surface area contributed by atoms with E-state index in [0.717, 1.165) is 0 Å². The van der Waals surface area contributed by atoms with E-state index in [2.05, 4.69) is 10.6 Å². The maximum Gasteiger partial charge on any atom is 0.326 e. The molecule has 0 aliphatic rings. The van der Waals surface area contributed by atoms with Gasteiger partial charge in [-0.15, -0.1) is 0 Å². The molecule has 6 nitrogen and oxygen atoms in total. The lowest BCUT2D eigenvalue weighted by atomic mass is 10.2. The highest BCUT2D eigenvalue weighted by Crippen LogP contribution is 1.93. The molecule has 0 rings (SSSR count). The maximum atomic E-state index is 11.4. The fourth-order valence-corrected chi connectivity index (χ4v) is 1.13. The second kappa shape index (κ2) is 7.92. The van der Waals surface area contributed by atoms with E-state index in [1.807, 2.05) is 6.92 Å². The van der Waals surface area contributed by atoms with Crippen LogP contribution < -0.4 is 10.6 Å². The molecule has 94 valence electrons. The van der Waals surface area contributed by atoms with Crippen LogP contribution in [0, 0.1) is 0 Å². The fourth-order valence-electron chi connectivity index (χ4n) is 1.13. The minimum atomic E-state index is -1.03. The third kappa shape index (κ3) is 6.23. The Kier molecular flexibility index (Phi) is 7.28. The van der Waals surface area contributed by atoms with Gasteiger partial charge >= 0.3 is 12.0 Å². The summed E-state index contributed by atoms with van der Waals surface area (Å²) in [7, 11) is 1.59. The van der Waals surface area contributed by atoms with E-state index < -0.39 is 18.0 Å². The molecule has 0 aliphatic carbocycles. The van der Waals surface area contributed by atoms with Crippen molar-refractivity contribution in [1.82, 2.24) is 10.6 Å². The summed E-state index contributed by atoms with van der Waals surface area (Å²) in [4.78, 5) is 22.0. The molecule has 0 aliphatic heterocycles. The second-order valence-electron chi connectivity index (χ2n) is 3.60. The van der Waals surface area contributed by atoms with E-state index in [1.54, 1.807) is 14.0 Å². The molecule has 6 heteroatoms. The third-order valence-corrected chi connectivity index (χ3v) is 2.14. The molecule has 0 saturated carbocycles. The van der Waals surface area contributed by atoms with Gasteiger partial charge in [-0.1, -0.05) is 6.92 Å². The Bertz CT molecular complexity index is 233. The van der Waals surface area contributed by atoms with Gasteiger partial charge in [0, 0.05) is 19.8 Å². The Morgan fingerprint density at radius 2 is 2.00 bits per heavy atom. The molecule has 0 aromatic rings. The second-order valence-corrected chi connectivity index (χ2v) is 3.60. The number of hydrogen-bond acceptors (Lipinski definition) is 3. The first-order chi connectivity index (χ1) is 7.51. The van der Waals surface area contributed by atoms with Crippen LogP contribution in [-0.2, 0) is 9.53 Å². The monoisotopic (exact) mass is 232 g/mol. The number of hydrogen-bond donors (Lipinski definition) is 3. The summed E-state index contributed by atoms with van der Waals surface area (Å²) in [5.41, 5.74) is 0. The van der Waals surface area contributed by atoms with Crippen LogP contribution in [0.3, 0.4) is 0 Å². The number of carbonyl (C=O) groups excluding carboxylic acids is 1. The summed E-state index contributed by atoms with van der Waals surface area (Å²) in [6.07, 6.45) is 1.04. The lowest BCUT2D eigenvalue weighted by molar-refractivity contribution is -0.139. The average molecular weight is 232 g/mol. The number of carboxylic acid groups (broad SMARTS) is 1. The van der Waals surface area contributed by atoms with Gasteiger partial charge in [0.1, 0.15) is 6.04 Å². The molecule has 2 atom stereocenters. The quantitative estimate of drug-likeness (QED) is 0.599. The summed E-state index contributed by atoms with van der Waals surface area (Å²) in [6.45, 7) is 4.09. The van der Waals surface area contributed by atoms with Gasteiger partial charge in [0.05, 0.1) is 0 Å². The number of aliphatic carboxylic acids is 1. The van der Waals surface area contributed by atoms with Gasteiger partial charge in [0.2, 0.25) is 0 Å². The van der Waals surface area contributed by atoms with E-state index in [4.69, 9.17) is 9.84 Å². The predicted molar refractivity (Wildman–Crippen MR) is 59.3 cm³/mol. The Hall–Kier alpha value is -1.30. The Morgan fingerprint density at radius 3 is 2.44 bits per heavy atom. The molecule has 0 radical (unpaired) electrons. The zero-order valence-corrected chi connectivity index (χ0v) is 9.95. The molecule has 2 unspecified atom stereocenters. The molecular formula is C10H20N2O4. The summed E-state index contributed by atoms with van der Waals surface area (Å²) in [6, 6.07) is -1.35. The predicted octanol–water partition coefficient (Wildman–Crippen LogP) is 0.574. The maximum absolute atomic E-state index is 11.4. The SMILES string of the molecule is CCC(NC(=O)NC(C)CCOC)C(=O)O. The van der Waals surface area contributed by atoms with Gasteiger partial charge in [-0.25, -0.2) is 9.59 Å². The largest absolute Gasteiger partial charge is 0.480 e. The number of methoxy groups -OCH3 is 1. The lowest BCUT2D eigenvalue weighted by Crippen LogP contribution is -2.48. The van der Waals surface area contributed by atoms with Crippen LogP contribution in [0.1, 0.15) is 26.7 Å². The van der Waals surface area contributed by atoms with Crippen molar-refractivity contribution >= 4 is 12.0 Å². The molecule has 0 spiro atoms. The van der Waals surface area contributed by atoms with Gasteiger partial charge in [-0.2, -0.15) is 0 Å². The molecule has 0 bridgehead atoms. The van der Waals surface area contributed by atoms with Crippen molar-refractivity contribution in [2.75, 3.05) is 13.7 Å². The van der Waals surface area contributed by atoms with E-state index in [-0.39, 0.29) is 6.04 Å². The highest BCUT2D eigenvalue weighted by atomic mass is 16.5. The van der Waals surface area contributed by atoms with Gasteiger partial charge in [0.25, 0.3) is 0 Å². The minimum Gasteiger partial charge on any atom is -0.480 e. The zero-order valence-electron chi connectivity index (χ0n) is 9.95. The summed E-state index contributed by atoms with van der Waals surface area (Å²) in [5.74, 6) is -1.03. The molecule has 0 heterocycles. The van der Waals surface area contributed by atoms with Crippen molar-refractivity contribution in [3.05, 3.63) is 0 Å². The molecular weight excluding hydrogens is 212 g/mol. The Labute approximate surface area is 95.4 Å². The molecule has 0 aromatic carbocycles. The molecule has 2 amide bonds. The van der Waals surface area contributed by atoms with Crippen LogP contribution in [0.2, 0.25) is 0 Å². The standard InChI is InChI=1S/C10H20N2O4/c1-4-8(9(13)14)12-10(15)11-7(2)5-6-16-3/h7-8H,4-6H2,1-3H3,(H,13,14)(H2,11,12,15). The van der Waals surface area contributed by atoms with Crippen molar-refractivity contribution in [2.45, 2.75) is 38.8 Å². The fraction of sp³-hybridized carbons (Fsp3) is 0.800. The number of rotatable bonds is 7. The van der Waals surface area contributed by atoms with Crippen LogP contribution in [0.15, 0.2) is 0 Å². The first-order valence-corrected chi connectivity index (χ1v) is 5.30. The van der Waals surface area contributed by atoms with Crippen LogP contribution in [0.4, 0.5) is 4.79 Å². The van der Waals surface area contributed by atoms with E-state index in [0.29, 0.717) is 19.4 Å². The smallest absolute Gasteiger partial charge is 0.326 e. The first-order valence-electron chi connectivity index (χ1n) is 5.30. The number of nitrogens with one attached hydrogen (secondary N) is 2. The summed E-state index contributed by atoms with van der Waals surface area (Å²) in [5, 5.41) is 13.8. The van der Waals surface area contributed by atoms with Gasteiger partial charge in [-0.3, -0.25) is 0 Å². The third-order valence-electron chi connectivity index (χ3n) is 2.14. The number of carbonyl (C=O) groups is 2. The molecule has 0 saturated heterocycles. The summed E-state index contributed by atoms with van der Waals surface area (Å²) < 4.78 is 4.87. The number of urea groups is 1. The number of amides is 2. The lowest BCUT2D eigenvalue weighted by Gasteiger charge is -2.17. The van der Waals surface area contributed by atoms with Crippen molar-refractivity contribution in [3.63, 3.8) is 0 Å². The highest BCUT2D eigenvalue weighted by Gasteiger charge is 2.18. The van der Waals surface area contributed by atoms with Crippen LogP contribution in [-0.4, -0.2) is 42.9 Å². The number of carboxylic acids is 1. The van der Waals surface area contributed by atoms with E-state index >= 15 is 0 Å². The van der Waals surface area contributed by atoms with Crippen molar-refractivity contribution in [1.29, 1.82) is 0 Å². The molecule has 3 N–H and O–H groups in total. The minimum absolute atomic E-state index is 0.0498. The topological polar surface area (TPSA) is 87.7 Å². The van der Waals surface area contributed by atoms with Crippen molar-refractivity contribution in [3.8, 4) is 0 Å². The Morgan fingerprint density at radius 1 is 1.38 bits per heavy atom. The molecule has 0 aromatic heterocycles. The van der Waals surface area contributed by atoms with Crippen molar-refractivity contribution < 1.29 is 19.4 Å². The van der Waals surface area contributed by atoms with Crippen LogP contribution in [0.5, 0.6) is 0 Å². The van der Waals surface area contributed by atoms with Gasteiger partial charge in [-0.05, 0) is 19.8 Å². The van der Waals surface area contributed by atoms with Gasteiger partial charge < -0.3 is 20.5 Å². The highest BCUT2D eigenvalue weighted by molar-refractivity contribution is 5.82. The van der Waals surface area contributed by atoms with Crippen molar-refractivity contribution in [2.24, 2.45) is 0 Å². The first kappa shape index (κ1) is 14.7. The summed E-state index contributed by atoms with van der Waals surface area (Å²) >= 11 is 0.